The lowest BCUT2D eigenvalue weighted by atomic mass is 10.3. The van der Waals surface area contributed by atoms with Crippen molar-refractivity contribution in [2.24, 2.45) is 0 Å². The lowest BCUT2D eigenvalue weighted by molar-refractivity contribution is 0.335. The van der Waals surface area contributed by atoms with Crippen LogP contribution < -0.4 is 0 Å². The van der Waals surface area contributed by atoms with Crippen molar-refractivity contribution in [2.45, 2.75) is 19.3 Å². The number of rotatable bonds is 5. The second-order valence-corrected chi connectivity index (χ2v) is 4.47. The summed E-state index contributed by atoms with van der Waals surface area (Å²) in [6.07, 6.45) is 0. The smallest absolute Gasteiger partial charge is 0.124 e. The summed E-state index contributed by atoms with van der Waals surface area (Å²) in [6, 6.07) is 8.19. The van der Waals surface area contributed by atoms with Crippen molar-refractivity contribution < 1.29 is 0 Å². The van der Waals surface area contributed by atoms with Crippen LogP contribution in [0.1, 0.15) is 12.7 Å². The molecule has 0 amide bonds. The first-order chi connectivity index (χ1) is 8.26. The van der Waals surface area contributed by atoms with E-state index in [1.54, 1.807) is 0 Å². The van der Waals surface area contributed by atoms with Crippen LogP contribution in [0.2, 0.25) is 0 Å². The minimum absolute atomic E-state index is 0.463. The number of fused-ring (bicyclic) bond motifs is 1. The third-order valence-corrected chi connectivity index (χ3v) is 3.34. The van der Waals surface area contributed by atoms with E-state index < -0.39 is 0 Å². The number of alkyl halides is 1. The number of halogens is 1. The van der Waals surface area contributed by atoms with Crippen LogP contribution in [0.5, 0.6) is 0 Å². The molecule has 0 aliphatic heterocycles. The topological polar surface area (TPSA) is 21.1 Å². The van der Waals surface area contributed by atoms with Crippen molar-refractivity contribution in [2.75, 3.05) is 20.1 Å². The minimum Gasteiger partial charge on any atom is -0.326 e. The molecule has 4 heteroatoms. The minimum atomic E-state index is 0.463. The summed E-state index contributed by atoms with van der Waals surface area (Å²) in [5, 5.41) is 0. The first kappa shape index (κ1) is 12.4. The largest absolute Gasteiger partial charge is 0.326 e. The Morgan fingerprint density at radius 1 is 1.35 bits per heavy atom. The van der Waals surface area contributed by atoms with E-state index in [2.05, 4.69) is 34.5 Å². The fraction of sp³-hybridized carbons (Fsp3) is 0.462. The van der Waals surface area contributed by atoms with Gasteiger partial charge in [0.25, 0.3) is 0 Å². The molecule has 0 spiro atoms. The van der Waals surface area contributed by atoms with Gasteiger partial charge in [0.05, 0.1) is 16.9 Å². The average molecular weight is 252 g/mol. The summed E-state index contributed by atoms with van der Waals surface area (Å²) >= 11 is 5.96. The number of benzene rings is 1. The van der Waals surface area contributed by atoms with Crippen LogP contribution in [0.25, 0.3) is 11.0 Å². The SMILES string of the molecule is CCN(C)CCn1c(CCl)nc2ccccc21. The fourth-order valence-corrected chi connectivity index (χ4v) is 2.11. The highest BCUT2D eigenvalue weighted by molar-refractivity contribution is 6.16. The van der Waals surface area contributed by atoms with Crippen molar-refractivity contribution >= 4 is 22.6 Å². The summed E-state index contributed by atoms with van der Waals surface area (Å²) in [5.74, 6) is 1.42. The predicted octanol–water partition coefficient (Wildman–Crippen LogP) is 2.73. The van der Waals surface area contributed by atoms with Crippen LogP contribution in [0, 0.1) is 0 Å². The monoisotopic (exact) mass is 251 g/mol. The van der Waals surface area contributed by atoms with Crippen molar-refractivity contribution in [1.82, 2.24) is 14.5 Å². The van der Waals surface area contributed by atoms with Gasteiger partial charge in [0.15, 0.2) is 0 Å². The summed E-state index contributed by atoms with van der Waals surface area (Å²) in [4.78, 5) is 6.83. The molecule has 1 aromatic heterocycles. The molecule has 0 unspecified atom stereocenters. The molecule has 0 fully saturated rings. The molecule has 3 nitrogen and oxygen atoms in total. The van der Waals surface area contributed by atoms with Gasteiger partial charge in [-0.3, -0.25) is 0 Å². The number of likely N-dealkylation sites (N-methyl/N-ethyl adjacent to an activating group) is 1. The van der Waals surface area contributed by atoms with Crippen LogP contribution in [-0.2, 0) is 12.4 Å². The van der Waals surface area contributed by atoms with Gasteiger partial charge >= 0.3 is 0 Å². The maximum absolute atomic E-state index is 5.96. The quantitative estimate of drug-likeness (QED) is 0.762. The Morgan fingerprint density at radius 2 is 2.12 bits per heavy atom. The van der Waals surface area contributed by atoms with Crippen molar-refractivity contribution in [3.8, 4) is 0 Å². The van der Waals surface area contributed by atoms with E-state index in [0.29, 0.717) is 5.88 Å². The van der Waals surface area contributed by atoms with E-state index in [1.807, 2.05) is 18.2 Å². The van der Waals surface area contributed by atoms with Gasteiger partial charge in [0, 0.05) is 13.1 Å². The molecule has 0 radical (unpaired) electrons. The molecule has 1 aromatic carbocycles. The van der Waals surface area contributed by atoms with Gasteiger partial charge in [-0.1, -0.05) is 19.1 Å². The standard InChI is InChI=1S/C13H18ClN3/c1-3-16(2)8-9-17-12-7-5-4-6-11(12)15-13(17)10-14/h4-7H,3,8-10H2,1-2H3. The summed E-state index contributed by atoms with van der Waals surface area (Å²) in [6.45, 7) is 5.17. The van der Waals surface area contributed by atoms with Gasteiger partial charge in [-0.05, 0) is 25.7 Å². The van der Waals surface area contributed by atoms with Gasteiger partial charge in [0.1, 0.15) is 5.82 Å². The van der Waals surface area contributed by atoms with Gasteiger partial charge in [0.2, 0.25) is 0 Å². The van der Waals surface area contributed by atoms with Crippen LogP contribution in [-0.4, -0.2) is 34.6 Å². The molecule has 2 aromatic rings. The third kappa shape index (κ3) is 2.61. The highest BCUT2D eigenvalue weighted by Crippen LogP contribution is 2.17. The van der Waals surface area contributed by atoms with E-state index in [4.69, 9.17) is 11.6 Å². The molecule has 0 aliphatic carbocycles. The zero-order valence-corrected chi connectivity index (χ0v) is 11.1. The lowest BCUT2D eigenvalue weighted by Crippen LogP contribution is -2.23. The fourth-order valence-electron chi connectivity index (χ4n) is 1.91. The third-order valence-electron chi connectivity index (χ3n) is 3.10. The molecule has 0 saturated heterocycles. The first-order valence-electron chi connectivity index (χ1n) is 5.95. The summed E-state index contributed by atoms with van der Waals surface area (Å²) in [7, 11) is 2.12. The molecular weight excluding hydrogens is 234 g/mol. The van der Waals surface area contributed by atoms with Gasteiger partial charge < -0.3 is 9.47 Å². The highest BCUT2D eigenvalue weighted by atomic mass is 35.5. The van der Waals surface area contributed by atoms with Crippen molar-refractivity contribution in [3.05, 3.63) is 30.1 Å². The number of nitrogens with zero attached hydrogens (tertiary/aromatic N) is 3. The lowest BCUT2D eigenvalue weighted by Gasteiger charge is -2.15. The molecule has 1 heterocycles. The van der Waals surface area contributed by atoms with Crippen LogP contribution >= 0.6 is 11.6 Å². The van der Waals surface area contributed by atoms with Gasteiger partial charge in [-0.2, -0.15) is 0 Å². The summed E-state index contributed by atoms with van der Waals surface area (Å²) in [5.41, 5.74) is 2.20. The number of imidazole rings is 1. The Kier molecular flexibility index (Phi) is 4.02. The Labute approximate surface area is 107 Å². The Hall–Kier alpha value is -1.06. The second kappa shape index (κ2) is 5.52. The molecule has 0 atom stereocenters. The summed E-state index contributed by atoms with van der Waals surface area (Å²) < 4.78 is 2.22. The maximum atomic E-state index is 5.96. The predicted molar refractivity (Wildman–Crippen MR) is 72.5 cm³/mol. The first-order valence-corrected chi connectivity index (χ1v) is 6.48. The normalized spacial score (nSPS) is 11.5. The van der Waals surface area contributed by atoms with E-state index in [9.17, 15) is 0 Å². The zero-order valence-electron chi connectivity index (χ0n) is 10.4. The van der Waals surface area contributed by atoms with Crippen LogP contribution in [0.4, 0.5) is 0 Å². The molecule has 17 heavy (non-hydrogen) atoms. The Bertz CT molecular complexity index is 492. The molecule has 0 saturated carbocycles. The van der Waals surface area contributed by atoms with E-state index >= 15 is 0 Å². The van der Waals surface area contributed by atoms with Crippen molar-refractivity contribution in [3.63, 3.8) is 0 Å². The molecule has 0 aliphatic rings. The van der Waals surface area contributed by atoms with Crippen LogP contribution in [0.3, 0.4) is 0 Å². The number of hydrogen-bond acceptors (Lipinski definition) is 2. The van der Waals surface area contributed by atoms with Gasteiger partial charge in [-0.25, -0.2) is 4.98 Å². The molecule has 0 N–H and O–H groups in total. The molecule has 2 rings (SSSR count). The molecule has 92 valence electrons. The zero-order chi connectivity index (χ0) is 12.3. The Balaban J connectivity index is 2.30. The number of para-hydroxylation sites is 2. The highest BCUT2D eigenvalue weighted by Gasteiger charge is 2.09. The number of aromatic nitrogens is 2. The maximum Gasteiger partial charge on any atom is 0.124 e. The molecule has 0 bridgehead atoms. The molecular formula is C13H18ClN3. The van der Waals surface area contributed by atoms with Crippen molar-refractivity contribution in [1.29, 1.82) is 0 Å². The van der Waals surface area contributed by atoms with E-state index in [0.717, 1.165) is 31.0 Å². The van der Waals surface area contributed by atoms with E-state index in [-0.39, 0.29) is 0 Å². The Morgan fingerprint density at radius 3 is 2.82 bits per heavy atom. The van der Waals surface area contributed by atoms with Crippen LogP contribution in [0.15, 0.2) is 24.3 Å². The second-order valence-electron chi connectivity index (χ2n) is 4.20. The average Bonchev–Trinajstić information content (AvgIpc) is 2.73. The van der Waals surface area contributed by atoms with E-state index in [1.165, 1.54) is 5.52 Å². The number of hydrogen-bond donors (Lipinski definition) is 0. The van der Waals surface area contributed by atoms with Gasteiger partial charge in [-0.15, -0.1) is 11.6 Å².